The van der Waals surface area contributed by atoms with Crippen LogP contribution in [0, 0.1) is 25.2 Å². The quantitative estimate of drug-likeness (QED) is 0.517. The molecule has 1 aromatic heterocycles. The Bertz CT molecular complexity index is 846. The molecule has 0 saturated carbocycles. The fourth-order valence-corrected chi connectivity index (χ4v) is 3.58. The number of aryl methyl sites for hydroxylation is 1. The lowest BCUT2D eigenvalue weighted by Gasteiger charge is -2.17. The summed E-state index contributed by atoms with van der Waals surface area (Å²) >= 11 is 1.48. The van der Waals surface area contributed by atoms with E-state index in [9.17, 15) is 9.59 Å². The van der Waals surface area contributed by atoms with Crippen LogP contribution in [-0.4, -0.2) is 27.0 Å². The summed E-state index contributed by atoms with van der Waals surface area (Å²) in [6, 6.07) is 7.07. The lowest BCUT2D eigenvalue weighted by Crippen LogP contribution is -2.27. The van der Waals surface area contributed by atoms with E-state index < -0.39 is 5.41 Å². The first-order valence-electron chi connectivity index (χ1n) is 9.60. The van der Waals surface area contributed by atoms with Gasteiger partial charge in [0.25, 0.3) is 0 Å². The Morgan fingerprint density at radius 2 is 1.75 bits per heavy atom. The van der Waals surface area contributed by atoms with Crippen LogP contribution in [-0.2, 0) is 11.3 Å². The van der Waals surface area contributed by atoms with Crippen LogP contribution in [0.5, 0.6) is 0 Å². The van der Waals surface area contributed by atoms with Crippen molar-refractivity contribution in [3.8, 4) is 0 Å². The number of hydrogen-bond donors (Lipinski definition) is 1. The molecule has 0 bridgehead atoms. The summed E-state index contributed by atoms with van der Waals surface area (Å²) in [7, 11) is 0. The van der Waals surface area contributed by atoms with E-state index >= 15 is 0 Å². The van der Waals surface area contributed by atoms with Crippen molar-refractivity contribution in [3.05, 3.63) is 41.2 Å². The number of amides is 1. The van der Waals surface area contributed by atoms with Gasteiger partial charge in [0.05, 0.1) is 11.4 Å². The number of carbonyl (C=O) groups is 2. The molecule has 0 fully saturated rings. The molecule has 1 amide bonds. The van der Waals surface area contributed by atoms with Crippen molar-refractivity contribution < 1.29 is 9.59 Å². The Labute approximate surface area is 172 Å². The number of nitrogens with zero attached hydrogens (tertiary/aromatic N) is 2. The third-order valence-electron chi connectivity index (χ3n) is 4.45. The van der Waals surface area contributed by atoms with Gasteiger partial charge in [-0.3, -0.25) is 9.59 Å². The van der Waals surface area contributed by atoms with Gasteiger partial charge in [0.1, 0.15) is 0 Å². The fraction of sp³-hybridized carbons (Fsp3) is 0.500. The Balaban J connectivity index is 2.02. The van der Waals surface area contributed by atoms with Gasteiger partial charge in [-0.25, -0.2) is 4.98 Å². The molecule has 0 radical (unpaired) electrons. The van der Waals surface area contributed by atoms with Crippen LogP contribution in [0.3, 0.4) is 0 Å². The first-order chi connectivity index (χ1) is 13.0. The van der Waals surface area contributed by atoms with E-state index in [1.54, 1.807) is 24.3 Å². The van der Waals surface area contributed by atoms with Crippen molar-refractivity contribution in [2.45, 2.75) is 60.2 Å². The Morgan fingerprint density at radius 3 is 2.29 bits per heavy atom. The predicted molar refractivity (Wildman–Crippen MR) is 116 cm³/mol. The monoisotopic (exact) mass is 401 g/mol. The molecule has 0 aliphatic heterocycles. The minimum atomic E-state index is -0.459. The third-order valence-corrected chi connectivity index (χ3v) is 5.43. The predicted octanol–water partition coefficient (Wildman–Crippen LogP) is 5.12. The van der Waals surface area contributed by atoms with E-state index in [1.165, 1.54) is 11.8 Å². The van der Waals surface area contributed by atoms with E-state index in [4.69, 9.17) is 0 Å². The smallest absolute Gasteiger partial charge is 0.229 e. The second kappa shape index (κ2) is 8.95. The number of ketones is 1. The molecule has 1 N–H and O–H groups in total. The van der Waals surface area contributed by atoms with Crippen LogP contribution >= 0.6 is 11.8 Å². The zero-order valence-corrected chi connectivity index (χ0v) is 18.7. The molecule has 5 nitrogen and oxygen atoms in total. The Morgan fingerprint density at radius 1 is 1.14 bits per heavy atom. The molecule has 2 aromatic rings. The molecule has 152 valence electrons. The maximum absolute atomic E-state index is 12.6. The molecule has 0 saturated heterocycles. The minimum absolute atomic E-state index is 0.0492. The number of aromatic nitrogens is 2. The van der Waals surface area contributed by atoms with Crippen LogP contribution in [0.15, 0.2) is 29.4 Å². The van der Waals surface area contributed by atoms with Crippen molar-refractivity contribution in [3.63, 3.8) is 0 Å². The van der Waals surface area contributed by atoms with Crippen molar-refractivity contribution in [2.24, 2.45) is 11.3 Å². The summed E-state index contributed by atoms with van der Waals surface area (Å²) in [6.07, 6.45) is 0. The van der Waals surface area contributed by atoms with Crippen LogP contribution in [0.1, 0.15) is 56.4 Å². The van der Waals surface area contributed by atoms with Crippen molar-refractivity contribution in [2.75, 3.05) is 11.1 Å². The molecule has 1 heterocycles. The van der Waals surface area contributed by atoms with Gasteiger partial charge in [-0.1, -0.05) is 46.4 Å². The highest BCUT2D eigenvalue weighted by atomic mass is 32.2. The topological polar surface area (TPSA) is 64.0 Å². The van der Waals surface area contributed by atoms with Crippen molar-refractivity contribution in [1.29, 1.82) is 0 Å². The number of Topliss-reactive ketones (excluding diaryl/α,β-unsaturated/α-hetero) is 1. The lowest BCUT2D eigenvalue weighted by molar-refractivity contribution is -0.123. The molecule has 6 heteroatoms. The number of anilines is 1. The highest BCUT2D eigenvalue weighted by Gasteiger charge is 2.21. The average molecular weight is 402 g/mol. The van der Waals surface area contributed by atoms with E-state index in [-0.39, 0.29) is 11.7 Å². The van der Waals surface area contributed by atoms with E-state index in [1.807, 2.05) is 27.7 Å². The van der Waals surface area contributed by atoms with Gasteiger partial charge in [0.2, 0.25) is 5.91 Å². The highest BCUT2D eigenvalue weighted by molar-refractivity contribution is 7.99. The first kappa shape index (κ1) is 22.2. The largest absolute Gasteiger partial charge is 0.326 e. The third kappa shape index (κ3) is 5.71. The molecule has 1 aromatic carbocycles. The summed E-state index contributed by atoms with van der Waals surface area (Å²) in [5, 5.41) is 3.77. The molecule has 0 unspecified atom stereocenters. The Kier molecular flexibility index (Phi) is 7.10. The number of thioether (sulfide) groups is 1. The zero-order chi connectivity index (χ0) is 21.1. The number of rotatable bonds is 7. The van der Waals surface area contributed by atoms with Gasteiger partial charge in [-0.2, -0.15) is 0 Å². The maximum Gasteiger partial charge on any atom is 0.229 e. The van der Waals surface area contributed by atoms with Gasteiger partial charge >= 0.3 is 0 Å². The SMILES string of the molecule is Cc1nc(SCC(=O)c2ccc(NC(=O)C(C)(C)C)cc2)n(CC(C)C)c1C. The molecule has 0 atom stereocenters. The van der Waals surface area contributed by atoms with Crippen molar-refractivity contribution in [1.82, 2.24) is 9.55 Å². The standard InChI is InChI=1S/C22H31N3O2S/c1-14(2)12-25-16(4)15(3)23-21(25)28-13-19(26)17-8-10-18(11-9-17)24-20(27)22(5,6)7/h8-11,14H,12-13H2,1-7H3,(H,24,27). The number of benzene rings is 1. The van der Waals surface area contributed by atoms with Crippen LogP contribution in [0.2, 0.25) is 0 Å². The zero-order valence-electron chi connectivity index (χ0n) is 17.9. The van der Waals surface area contributed by atoms with Gasteiger partial charge in [-0.05, 0) is 44.0 Å². The second-order valence-corrected chi connectivity index (χ2v) is 9.51. The minimum Gasteiger partial charge on any atom is -0.326 e. The first-order valence-corrected chi connectivity index (χ1v) is 10.6. The number of hydrogen-bond acceptors (Lipinski definition) is 4. The summed E-state index contributed by atoms with van der Waals surface area (Å²) in [6.45, 7) is 14.9. The normalized spacial score (nSPS) is 11.7. The summed E-state index contributed by atoms with van der Waals surface area (Å²) in [5.74, 6) is 0.845. The van der Waals surface area contributed by atoms with Crippen molar-refractivity contribution >= 4 is 29.1 Å². The van der Waals surface area contributed by atoms with E-state index in [2.05, 4.69) is 35.6 Å². The van der Waals surface area contributed by atoms with Crippen LogP contribution in [0.25, 0.3) is 0 Å². The molecule has 0 aliphatic rings. The summed E-state index contributed by atoms with van der Waals surface area (Å²) in [4.78, 5) is 29.3. The second-order valence-electron chi connectivity index (χ2n) is 8.56. The van der Waals surface area contributed by atoms with E-state index in [0.29, 0.717) is 22.9 Å². The molecular formula is C22H31N3O2S. The van der Waals surface area contributed by atoms with Gasteiger partial charge < -0.3 is 9.88 Å². The Hall–Kier alpha value is -2.08. The van der Waals surface area contributed by atoms with Crippen LogP contribution < -0.4 is 5.32 Å². The summed E-state index contributed by atoms with van der Waals surface area (Å²) < 4.78 is 2.20. The molecule has 0 aliphatic carbocycles. The molecule has 28 heavy (non-hydrogen) atoms. The van der Waals surface area contributed by atoms with Gasteiger partial charge in [0, 0.05) is 28.9 Å². The molecular weight excluding hydrogens is 370 g/mol. The maximum atomic E-state index is 12.6. The summed E-state index contributed by atoms with van der Waals surface area (Å²) in [5.41, 5.74) is 3.04. The highest BCUT2D eigenvalue weighted by Crippen LogP contribution is 2.24. The van der Waals surface area contributed by atoms with Gasteiger partial charge in [0.15, 0.2) is 10.9 Å². The average Bonchev–Trinajstić information content (AvgIpc) is 2.86. The van der Waals surface area contributed by atoms with E-state index in [0.717, 1.165) is 23.1 Å². The number of carbonyl (C=O) groups excluding carboxylic acids is 2. The van der Waals surface area contributed by atoms with Gasteiger partial charge in [-0.15, -0.1) is 0 Å². The molecule has 2 rings (SSSR count). The fourth-order valence-electron chi connectivity index (χ4n) is 2.59. The lowest BCUT2D eigenvalue weighted by atomic mass is 9.95. The molecule has 0 spiro atoms. The number of nitrogens with one attached hydrogen (secondary N) is 1. The van der Waals surface area contributed by atoms with Crippen LogP contribution in [0.4, 0.5) is 5.69 Å². The number of imidazole rings is 1.